The first kappa shape index (κ1) is 17.0. The number of piperidine rings is 1. The predicted molar refractivity (Wildman–Crippen MR) is 95.0 cm³/mol. The molecular formula is C17H23N5OS. The van der Waals surface area contributed by atoms with Crippen LogP contribution in [0.4, 0.5) is 0 Å². The zero-order valence-electron chi connectivity index (χ0n) is 13.9. The molecule has 24 heavy (non-hydrogen) atoms. The summed E-state index contributed by atoms with van der Waals surface area (Å²) in [5.41, 5.74) is 6.41. The van der Waals surface area contributed by atoms with Gasteiger partial charge in [0.1, 0.15) is 0 Å². The first-order valence-corrected chi connectivity index (χ1v) is 9.21. The third kappa shape index (κ3) is 3.96. The van der Waals surface area contributed by atoms with Gasteiger partial charge in [0.25, 0.3) is 0 Å². The summed E-state index contributed by atoms with van der Waals surface area (Å²) < 4.78 is 2.04. The molecule has 128 valence electrons. The second-order valence-electron chi connectivity index (χ2n) is 6.07. The van der Waals surface area contributed by atoms with Crippen LogP contribution in [0.25, 0.3) is 5.69 Å². The zero-order valence-corrected chi connectivity index (χ0v) is 14.7. The Bertz CT molecular complexity index is 682. The molecule has 2 heterocycles. The Balaban J connectivity index is 1.90. The molecule has 0 aliphatic carbocycles. The van der Waals surface area contributed by atoms with Gasteiger partial charge in [0, 0.05) is 5.69 Å². The normalized spacial score (nSPS) is 16.9. The molecule has 1 fully saturated rings. The van der Waals surface area contributed by atoms with Crippen molar-refractivity contribution in [2.75, 3.05) is 13.1 Å². The first-order valence-electron chi connectivity index (χ1n) is 8.33. The molecule has 2 N–H and O–H groups in total. The fraction of sp³-hybridized carbons (Fsp3) is 0.471. The summed E-state index contributed by atoms with van der Waals surface area (Å²) in [7, 11) is 0. The zero-order chi connectivity index (χ0) is 16.9. The molecule has 0 radical (unpaired) electrons. The summed E-state index contributed by atoms with van der Waals surface area (Å²) in [6.07, 6.45) is 3.78. The fourth-order valence-corrected chi connectivity index (χ4v) is 3.69. The Morgan fingerprint density at radius 2 is 1.92 bits per heavy atom. The fourth-order valence-electron chi connectivity index (χ4n) is 2.85. The first-order chi connectivity index (χ1) is 11.6. The minimum Gasteiger partial charge on any atom is -0.369 e. The van der Waals surface area contributed by atoms with E-state index in [0.717, 1.165) is 31.1 Å². The van der Waals surface area contributed by atoms with E-state index >= 15 is 0 Å². The van der Waals surface area contributed by atoms with Crippen molar-refractivity contribution in [1.29, 1.82) is 0 Å². The van der Waals surface area contributed by atoms with E-state index in [4.69, 9.17) is 5.73 Å². The van der Waals surface area contributed by atoms with Gasteiger partial charge in [-0.1, -0.05) is 36.4 Å². The number of nitrogens with two attached hydrogens (primary N) is 1. The van der Waals surface area contributed by atoms with Gasteiger partial charge in [-0.15, -0.1) is 10.2 Å². The average Bonchev–Trinajstić information content (AvgIpc) is 2.98. The lowest BCUT2D eigenvalue weighted by molar-refractivity contribution is -0.117. The standard InChI is InChI=1S/C17H23N5OS/c1-13(16(18)23)24-17-20-19-15(12-21-10-6-3-7-11-21)22(17)14-8-4-2-5-9-14/h2,4-5,8-9,13H,3,6-7,10-12H2,1H3,(H2,18,23)/t13-/m1/s1. The van der Waals surface area contributed by atoms with E-state index in [1.807, 2.05) is 34.9 Å². The van der Waals surface area contributed by atoms with Crippen LogP contribution in [0.1, 0.15) is 32.0 Å². The smallest absolute Gasteiger partial charge is 0.230 e. The van der Waals surface area contributed by atoms with Crippen LogP contribution >= 0.6 is 11.8 Å². The van der Waals surface area contributed by atoms with Crippen molar-refractivity contribution >= 4 is 17.7 Å². The summed E-state index contributed by atoms with van der Waals surface area (Å²) in [4.78, 5) is 13.8. The molecule has 2 aromatic rings. The highest BCUT2D eigenvalue weighted by Gasteiger charge is 2.21. The number of para-hydroxylation sites is 1. The molecule has 3 rings (SSSR count). The maximum Gasteiger partial charge on any atom is 0.230 e. The Morgan fingerprint density at radius 3 is 2.58 bits per heavy atom. The molecule has 0 bridgehead atoms. The van der Waals surface area contributed by atoms with Gasteiger partial charge in [-0.3, -0.25) is 14.3 Å². The van der Waals surface area contributed by atoms with Crippen LogP contribution in [-0.2, 0) is 11.3 Å². The molecule has 1 amide bonds. The van der Waals surface area contributed by atoms with Gasteiger partial charge in [-0.05, 0) is 45.0 Å². The van der Waals surface area contributed by atoms with Gasteiger partial charge in [0.05, 0.1) is 11.8 Å². The quantitative estimate of drug-likeness (QED) is 0.812. The maximum atomic E-state index is 11.4. The van der Waals surface area contributed by atoms with Crippen molar-refractivity contribution in [2.24, 2.45) is 5.73 Å². The Hall–Kier alpha value is -1.86. The molecule has 6 nitrogen and oxygen atoms in total. The van der Waals surface area contributed by atoms with Crippen LogP contribution in [0.3, 0.4) is 0 Å². The Labute approximate surface area is 146 Å². The highest BCUT2D eigenvalue weighted by Crippen LogP contribution is 2.26. The van der Waals surface area contributed by atoms with E-state index in [1.165, 1.54) is 31.0 Å². The molecule has 1 aromatic heterocycles. The van der Waals surface area contributed by atoms with Gasteiger partial charge in [-0.2, -0.15) is 0 Å². The van der Waals surface area contributed by atoms with E-state index in [0.29, 0.717) is 5.16 Å². The molecule has 1 aliphatic rings. The van der Waals surface area contributed by atoms with Gasteiger partial charge >= 0.3 is 0 Å². The predicted octanol–water partition coefficient (Wildman–Crippen LogP) is 2.22. The number of thioether (sulfide) groups is 1. The highest BCUT2D eigenvalue weighted by molar-refractivity contribution is 8.00. The number of hydrogen-bond donors (Lipinski definition) is 1. The van der Waals surface area contributed by atoms with Gasteiger partial charge in [-0.25, -0.2) is 0 Å². The van der Waals surface area contributed by atoms with E-state index in [9.17, 15) is 4.79 Å². The molecule has 7 heteroatoms. The van der Waals surface area contributed by atoms with Crippen molar-refractivity contribution in [3.63, 3.8) is 0 Å². The molecular weight excluding hydrogens is 322 g/mol. The van der Waals surface area contributed by atoms with Crippen molar-refractivity contribution < 1.29 is 4.79 Å². The van der Waals surface area contributed by atoms with Crippen LogP contribution in [0.2, 0.25) is 0 Å². The topological polar surface area (TPSA) is 77.0 Å². The maximum absolute atomic E-state index is 11.4. The summed E-state index contributed by atoms with van der Waals surface area (Å²) in [5.74, 6) is 0.558. The number of amides is 1. The van der Waals surface area contributed by atoms with Crippen LogP contribution < -0.4 is 5.73 Å². The third-order valence-electron chi connectivity index (χ3n) is 4.21. The van der Waals surface area contributed by atoms with Crippen LogP contribution in [0.5, 0.6) is 0 Å². The number of hydrogen-bond acceptors (Lipinski definition) is 5. The number of carbonyl (C=O) groups is 1. The third-order valence-corrected chi connectivity index (χ3v) is 5.27. The van der Waals surface area contributed by atoms with E-state index in [-0.39, 0.29) is 11.2 Å². The minimum atomic E-state index is -0.348. The number of aromatic nitrogens is 3. The van der Waals surface area contributed by atoms with Crippen molar-refractivity contribution in [2.45, 2.75) is 43.1 Å². The van der Waals surface area contributed by atoms with E-state index in [2.05, 4.69) is 15.1 Å². The molecule has 1 aromatic carbocycles. The van der Waals surface area contributed by atoms with Crippen molar-refractivity contribution in [3.05, 3.63) is 36.2 Å². The highest BCUT2D eigenvalue weighted by atomic mass is 32.2. The second kappa shape index (κ2) is 7.81. The summed E-state index contributed by atoms with van der Waals surface area (Å²) in [5, 5.41) is 9.08. The van der Waals surface area contributed by atoms with Crippen LogP contribution in [0.15, 0.2) is 35.5 Å². The molecule has 1 atom stereocenters. The average molecular weight is 345 g/mol. The van der Waals surface area contributed by atoms with Gasteiger partial charge in [0.15, 0.2) is 11.0 Å². The molecule has 0 spiro atoms. The Morgan fingerprint density at radius 1 is 1.21 bits per heavy atom. The molecule has 0 unspecified atom stereocenters. The monoisotopic (exact) mass is 345 g/mol. The Kier molecular flexibility index (Phi) is 5.52. The summed E-state index contributed by atoms with van der Waals surface area (Å²) >= 11 is 1.35. The lowest BCUT2D eigenvalue weighted by atomic mass is 10.1. The number of rotatable bonds is 6. The van der Waals surface area contributed by atoms with Gasteiger partial charge in [0.2, 0.25) is 5.91 Å². The number of primary amides is 1. The number of carbonyl (C=O) groups excluding carboxylic acids is 1. The molecule has 1 saturated heterocycles. The lowest BCUT2D eigenvalue weighted by Gasteiger charge is -2.26. The van der Waals surface area contributed by atoms with Crippen LogP contribution in [0, 0.1) is 0 Å². The number of benzene rings is 1. The molecule has 1 aliphatic heterocycles. The number of nitrogens with zero attached hydrogens (tertiary/aromatic N) is 4. The molecule has 0 saturated carbocycles. The second-order valence-corrected chi connectivity index (χ2v) is 7.38. The van der Waals surface area contributed by atoms with E-state index in [1.54, 1.807) is 6.92 Å². The van der Waals surface area contributed by atoms with Crippen molar-refractivity contribution in [1.82, 2.24) is 19.7 Å². The van der Waals surface area contributed by atoms with Crippen LogP contribution in [-0.4, -0.2) is 43.9 Å². The SMILES string of the molecule is C[C@@H](Sc1nnc(CN2CCCCC2)n1-c1ccccc1)C(N)=O. The van der Waals surface area contributed by atoms with E-state index < -0.39 is 0 Å². The number of likely N-dealkylation sites (tertiary alicyclic amines) is 1. The lowest BCUT2D eigenvalue weighted by Crippen LogP contribution is -2.30. The van der Waals surface area contributed by atoms with Crippen molar-refractivity contribution in [3.8, 4) is 5.69 Å². The largest absolute Gasteiger partial charge is 0.369 e. The summed E-state index contributed by atoms with van der Waals surface area (Å²) in [6.45, 7) is 4.76. The minimum absolute atomic E-state index is 0.347. The van der Waals surface area contributed by atoms with Gasteiger partial charge < -0.3 is 5.73 Å². The summed E-state index contributed by atoms with van der Waals surface area (Å²) in [6, 6.07) is 10.0.